The molecule has 0 radical (unpaired) electrons. The first-order chi connectivity index (χ1) is 14.9. The fourth-order valence-corrected chi connectivity index (χ4v) is 2.94. The molecule has 31 heavy (non-hydrogen) atoms. The van der Waals surface area contributed by atoms with Crippen LogP contribution in [0.4, 0.5) is 0 Å². The van der Waals surface area contributed by atoms with Gasteiger partial charge in [-0.1, -0.05) is 12.1 Å². The molecule has 0 fully saturated rings. The fraction of sp³-hybridized carbons (Fsp3) is 0.261. The molecule has 8 heteroatoms. The number of hydrogen-bond donors (Lipinski definition) is 1. The van der Waals surface area contributed by atoms with Crippen molar-refractivity contribution in [3.05, 3.63) is 59.4 Å². The van der Waals surface area contributed by atoms with Gasteiger partial charge in [-0.2, -0.15) is 5.10 Å². The molecule has 0 aliphatic carbocycles. The molecule has 0 atom stereocenters. The molecule has 0 saturated carbocycles. The number of ether oxygens (including phenoxy) is 3. The number of aryl methyl sites for hydroxylation is 1. The van der Waals surface area contributed by atoms with Gasteiger partial charge in [0.25, 0.3) is 5.91 Å². The Labute approximate surface area is 179 Å². The molecule has 1 amide bonds. The zero-order valence-corrected chi connectivity index (χ0v) is 17.8. The van der Waals surface area contributed by atoms with Crippen LogP contribution < -0.4 is 14.9 Å². The molecule has 8 nitrogen and oxygen atoms in total. The van der Waals surface area contributed by atoms with E-state index in [2.05, 4.69) is 10.5 Å². The Hall–Kier alpha value is -3.81. The molecule has 1 N–H and O–H groups in total. The second kappa shape index (κ2) is 9.80. The maximum atomic E-state index is 12.4. The number of hydrazone groups is 1. The number of benzene rings is 2. The van der Waals surface area contributed by atoms with E-state index in [1.54, 1.807) is 52.1 Å². The Balaban J connectivity index is 1.64. The van der Waals surface area contributed by atoms with Crippen molar-refractivity contribution >= 4 is 29.1 Å². The molecule has 0 aliphatic rings. The quantitative estimate of drug-likeness (QED) is 0.335. The molecule has 3 aromatic rings. The lowest BCUT2D eigenvalue weighted by atomic mass is 10.1. The molecule has 2 aromatic carbocycles. The number of hydrogen-bond acceptors (Lipinski definition) is 7. The third kappa shape index (κ3) is 5.42. The van der Waals surface area contributed by atoms with Gasteiger partial charge in [-0.05, 0) is 51.1 Å². The topological polar surface area (TPSA) is 99.4 Å². The van der Waals surface area contributed by atoms with Crippen LogP contribution in [-0.2, 0) is 9.53 Å². The van der Waals surface area contributed by atoms with Crippen molar-refractivity contribution in [2.24, 2.45) is 5.10 Å². The first-order valence-corrected chi connectivity index (χ1v) is 9.71. The molecule has 162 valence electrons. The fourth-order valence-electron chi connectivity index (χ4n) is 2.94. The average molecular weight is 424 g/mol. The van der Waals surface area contributed by atoms with Crippen LogP contribution in [0.15, 0.2) is 52.0 Å². The van der Waals surface area contributed by atoms with Gasteiger partial charge < -0.3 is 18.6 Å². The Bertz CT molecular complexity index is 1120. The Morgan fingerprint density at radius 3 is 2.71 bits per heavy atom. The summed E-state index contributed by atoms with van der Waals surface area (Å²) in [6.45, 7) is 5.00. The van der Waals surface area contributed by atoms with E-state index in [0.717, 1.165) is 5.56 Å². The highest BCUT2D eigenvalue weighted by Gasteiger charge is 2.21. The Morgan fingerprint density at radius 1 is 1.19 bits per heavy atom. The number of rotatable bonds is 8. The molecule has 0 unspecified atom stereocenters. The van der Waals surface area contributed by atoms with E-state index in [9.17, 15) is 9.59 Å². The van der Waals surface area contributed by atoms with Crippen LogP contribution in [0, 0.1) is 6.92 Å². The van der Waals surface area contributed by atoms with Gasteiger partial charge in [0.1, 0.15) is 28.4 Å². The second-order valence-corrected chi connectivity index (χ2v) is 6.97. The number of nitrogens with one attached hydrogen (secondary N) is 1. The standard InChI is InChI=1S/C23H24N2O6/c1-14(2)30-23(27)22-15(3)31-20-10-9-17(11-18(20)22)29-13-21(26)25-24-12-16-7-5-6-8-19(16)28-4/h5-12,14H,13H2,1-4H3,(H,25,26)/b24-12-. The van der Waals surface area contributed by atoms with Crippen LogP contribution >= 0.6 is 0 Å². The maximum absolute atomic E-state index is 12.4. The number of fused-ring (bicyclic) bond motifs is 1. The van der Waals surface area contributed by atoms with E-state index < -0.39 is 11.9 Å². The van der Waals surface area contributed by atoms with Crippen molar-refractivity contribution in [1.29, 1.82) is 0 Å². The van der Waals surface area contributed by atoms with Gasteiger partial charge in [-0.15, -0.1) is 0 Å². The highest BCUT2D eigenvalue weighted by Crippen LogP contribution is 2.30. The number of methoxy groups -OCH3 is 1. The Kier molecular flexibility index (Phi) is 6.92. The van der Waals surface area contributed by atoms with Crippen LogP contribution in [0.3, 0.4) is 0 Å². The SMILES string of the molecule is COc1ccccc1/C=N\NC(=O)COc1ccc2oc(C)c(C(=O)OC(C)C)c2c1. The van der Waals surface area contributed by atoms with E-state index in [-0.39, 0.29) is 12.7 Å². The summed E-state index contributed by atoms with van der Waals surface area (Å²) in [6, 6.07) is 12.3. The maximum Gasteiger partial charge on any atom is 0.342 e. The van der Waals surface area contributed by atoms with Crippen LogP contribution in [0.25, 0.3) is 11.0 Å². The van der Waals surface area contributed by atoms with Crippen LogP contribution in [0.1, 0.15) is 35.5 Å². The van der Waals surface area contributed by atoms with Gasteiger partial charge >= 0.3 is 5.97 Å². The van der Waals surface area contributed by atoms with E-state index in [0.29, 0.717) is 33.8 Å². The second-order valence-electron chi connectivity index (χ2n) is 6.97. The molecular weight excluding hydrogens is 400 g/mol. The third-order valence-electron chi connectivity index (χ3n) is 4.28. The zero-order chi connectivity index (χ0) is 22.4. The van der Waals surface area contributed by atoms with E-state index in [1.165, 1.54) is 6.21 Å². The molecule has 0 bridgehead atoms. The zero-order valence-electron chi connectivity index (χ0n) is 17.8. The van der Waals surface area contributed by atoms with Crippen LogP contribution in [0.2, 0.25) is 0 Å². The predicted octanol–water partition coefficient (Wildman–Crippen LogP) is 3.84. The van der Waals surface area contributed by atoms with E-state index in [4.69, 9.17) is 18.6 Å². The first kappa shape index (κ1) is 21.9. The molecular formula is C23H24N2O6. The van der Waals surface area contributed by atoms with Crippen LogP contribution in [0.5, 0.6) is 11.5 Å². The first-order valence-electron chi connectivity index (χ1n) is 9.71. The highest BCUT2D eigenvalue weighted by atomic mass is 16.5. The summed E-state index contributed by atoms with van der Waals surface area (Å²) in [7, 11) is 1.56. The summed E-state index contributed by atoms with van der Waals surface area (Å²) in [5.74, 6) is 0.616. The average Bonchev–Trinajstić information content (AvgIpc) is 3.07. The van der Waals surface area contributed by atoms with Crippen molar-refractivity contribution < 1.29 is 28.2 Å². The summed E-state index contributed by atoms with van der Waals surface area (Å²) >= 11 is 0. The lowest BCUT2D eigenvalue weighted by Gasteiger charge is -2.08. The predicted molar refractivity (Wildman–Crippen MR) is 116 cm³/mol. The number of carbonyl (C=O) groups is 2. The molecule has 3 rings (SSSR count). The molecule has 1 heterocycles. The summed E-state index contributed by atoms with van der Waals surface area (Å²) in [4.78, 5) is 24.4. The van der Waals surface area contributed by atoms with E-state index in [1.807, 2.05) is 18.2 Å². The van der Waals surface area contributed by atoms with Crippen molar-refractivity contribution in [2.45, 2.75) is 26.9 Å². The minimum Gasteiger partial charge on any atom is -0.496 e. The number of furan rings is 1. The summed E-state index contributed by atoms with van der Waals surface area (Å²) < 4.78 is 21.7. The van der Waals surface area contributed by atoms with Gasteiger partial charge in [0.05, 0.1) is 19.4 Å². The van der Waals surface area contributed by atoms with Crippen molar-refractivity contribution in [3.8, 4) is 11.5 Å². The lowest BCUT2D eigenvalue weighted by molar-refractivity contribution is -0.123. The number of esters is 1. The van der Waals surface area contributed by atoms with Crippen molar-refractivity contribution in [2.75, 3.05) is 13.7 Å². The van der Waals surface area contributed by atoms with Gasteiger partial charge in [0.2, 0.25) is 0 Å². The summed E-state index contributed by atoms with van der Waals surface area (Å²) in [5.41, 5.74) is 4.01. The largest absolute Gasteiger partial charge is 0.496 e. The third-order valence-corrected chi connectivity index (χ3v) is 4.28. The normalized spacial score (nSPS) is 11.1. The van der Waals surface area contributed by atoms with Gasteiger partial charge in [0, 0.05) is 10.9 Å². The molecule has 0 aliphatic heterocycles. The highest BCUT2D eigenvalue weighted by molar-refractivity contribution is 6.05. The van der Waals surface area contributed by atoms with Gasteiger partial charge in [-0.25, -0.2) is 10.2 Å². The van der Waals surface area contributed by atoms with Crippen molar-refractivity contribution in [1.82, 2.24) is 5.43 Å². The minimum absolute atomic E-state index is 0.253. The number of para-hydroxylation sites is 1. The Morgan fingerprint density at radius 2 is 1.97 bits per heavy atom. The molecule has 0 saturated heterocycles. The lowest BCUT2D eigenvalue weighted by Crippen LogP contribution is -2.24. The van der Waals surface area contributed by atoms with Gasteiger partial charge in [-0.3, -0.25) is 4.79 Å². The van der Waals surface area contributed by atoms with E-state index >= 15 is 0 Å². The van der Waals surface area contributed by atoms with Crippen LogP contribution in [-0.4, -0.2) is 37.9 Å². The summed E-state index contributed by atoms with van der Waals surface area (Å²) in [5, 5.41) is 4.48. The molecule has 0 spiro atoms. The monoisotopic (exact) mass is 424 g/mol. The smallest absolute Gasteiger partial charge is 0.342 e. The number of carbonyl (C=O) groups excluding carboxylic acids is 2. The number of nitrogens with zero attached hydrogens (tertiary/aromatic N) is 1. The van der Waals surface area contributed by atoms with Gasteiger partial charge in [0.15, 0.2) is 6.61 Å². The molecule has 1 aromatic heterocycles. The minimum atomic E-state index is -0.466. The number of amides is 1. The van der Waals surface area contributed by atoms with Crippen molar-refractivity contribution in [3.63, 3.8) is 0 Å². The summed E-state index contributed by atoms with van der Waals surface area (Å²) in [6.07, 6.45) is 1.24.